The van der Waals surface area contributed by atoms with Crippen molar-refractivity contribution in [3.8, 4) is 0 Å². The van der Waals surface area contributed by atoms with E-state index in [0.29, 0.717) is 6.04 Å². The normalized spacial score (nSPS) is 15.6. The largest absolute Gasteiger partial charge is 0.377 e. The number of rotatable bonds is 9. The van der Waals surface area contributed by atoms with Gasteiger partial charge in [0.05, 0.1) is 6.10 Å². The fourth-order valence-corrected chi connectivity index (χ4v) is 1.79. The Morgan fingerprint density at radius 3 is 2.20 bits per heavy atom. The van der Waals surface area contributed by atoms with E-state index in [-0.39, 0.29) is 6.10 Å². The van der Waals surface area contributed by atoms with Gasteiger partial charge in [0.25, 0.3) is 0 Å². The lowest BCUT2D eigenvalue weighted by molar-refractivity contribution is 0.0246. The fraction of sp³-hybridized carbons (Fsp3) is 1.00. The summed E-state index contributed by atoms with van der Waals surface area (Å²) in [6.45, 7) is 9.47. The molecule has 0 aromatic heterocycles. The van der Waals surface area contributed by atoms with Gasteiger partial charge >= 0.3 is 0 Å². The fourth-order valence-electron chi connectivity index (χ4n) is 1.79. The zero-order valence-electron chi connectivity index (χ0n) is 10.8. The van der Waals surface area contributed by atoms with Crippen molar-refractivity contribution in [2.24, 2.45) is 11.8 Å². The predicted molar refractivity (Wildman–Crippen MR) is 65.5 cm³/mol. The summed E-state index contributed by atoms with van der Waals surface area (Å²) in [7, 11) is 0. The van der Waals surface area contributed by atoms with Crippen molar-refractivity contribution >= 4 is 0 Å². The van der Waals surface area contributed by atoms with Crippen LogP contribution in [0.5, 0.6) is 0 Å². The first-order valence-electron chi connectivity index (χ1n) is 6.23. The summed E-state index contributed by atoms with van der Waals surface area (Å²) in [4.78, 5) is 0. The molecule has 0 heterocycles. The maximum atomic E-state index is 5.73. The molecule has 3 heteroatoms. The molecule has 3 N–H and O–H groups in total. The van der Waals surface area contributed by atoms with Gasteiger partial charge in [0, 0.05) is 12.6 Å². The third-order valence-electron chi connectivity index (χ3n) is 2.67. The van der Waals surface area contributed by atoms with Gasteiger partial charge in [0.1, 0.15) is 0 Å². The molecular formula is C12H28N2O. The molecule has 0 aliphatic rings. The minimum absolute atomic E-state index is 0.267. The van der Waals surface area contributed by atoms with Gasteiger partial charge in [-0.3, -0.25) is 11.3 Å². The second-order valence-electron chi connectivity index (χ2n) is 4.53. The Balaban J connectivity index is 4.05. The monoisotopic (exact) mass is 216 g/mol. The molecule has 0 aliphatic heterocycles. The maximum Gasteiger partial charge on any atom is 0.0741 e. The van der Waals surface area contributed by atoms with Gasteiger partial charge in [-0.1, -0.05) is 27.2 Å². The third-order valence-corrected chi connectivity index (χ3v) is 2.67. The van der Waals surface area contributed by atoms with Crippen molar-refractivity contribution in [1.29, 1.82) is 0 Å². The number of nitrogens with one attached hydrogen (secondary N) is 1. The second-order valence-corrected chi connectivity index (χ2v) is 4.53. The molecule has 0 rings (SSSR count). The van der Waals surface area contributed by atoms with Crippen molar-refractivity contribution in [2.45, 2.75) is 65.5 Å². The van der Waals surface area contributed by atoms with Crippen LogP contribution >= 0.6 is 0 Å². The van der Waals surface area contributed by atoms with Crippen LogP contribution in [-0.2, 0) is 4.74 Å². The van der Waals surface area contributed by atoms with Crippen LogP contribution in [0.15, 0.2) is 0 Å². The molecule has 0 fully saturated rings. The molecule has 0 aromatic carbocycles. The molecule has 0 saturated carbocycles. The molecule has 0 radical (unpaired) electrons. The Hall–Kier alpha value is -0.120. The van der Waals surface area contributed by atoms with Crippen LogP contribution in [0.2, 0.25) is 0 Å². The number of hydrogen-bond acceptors (Lipinski definition) is 3. The molecular weight excluding hydrogens is 188 g/mol. The first kappa shape index (κ1) is 14.9. The topological polar surface area (TPSA) is 47.3 Å². The minimum Gasteiger partial charge on any atom is -0.377 e. The van der Waals surface area contributed by atoms with Crippen LogP contribution in [0.3, 0.4) is 0 Å². The van der Waals surface area contributed by atoms with Gasteiger partial charge in [0.15, 0.2) is 0 Å². The highest BCUT2D eigenvalue weighted by Gasteiger charge is 2.19. The standard InChI is InChI=1S/C12H28N2O/c1-5-7-12(15-6-2)11(14-13)9-8-10(3)4/h10-12,14H,5-9,13H2,1-4H3. The molecule has 0 amide bonds. The third kappa shape index (κ3) is 6.88. The Morgan fingerprint density at radius 1 is 1.13 bits per heavy atom. The lowest BCUT2D eigenvalue weighted by Crippen LogP contribution is -2.45. The van der Waals surface area contributed by atoms with E-state index in [9.17, 15) is 0 Å². The summed E-state index contributed by atoms with van der Waals surface area (Å²) in [5.74, 6) is 6.32. The minimum atomic E-state index is 0.267. The van der Waals surface area contributed by atoms with E-state index in [1.54, 1.807) is 0 Å². The predicted octanol–water partition coefficient (Wildman–Crippen LogP) is 2.46. The molecule has 0 spiro atoms. The van der Waals surface area contributed by atoms with Crippen molar-refractivity contribution < 1.29 is 4.74 Å². The summed E-state index contributed by atoms with van der Waals surface area (Å²) >= 11 is 0. The first-order chi connectivity index (χ1) is 7.15. The van der Waals surface area contributed by atoms with Crippen molar-refractivity contribution in [2.75, 3.05) is 6.61 Å². The lowest BCUT2D eigenvalue weighted by Gasteiger charge is -2.26. The number of nitrogens with two attached hydrogens (primary N) is 1. The van der Waals surface area contributed by atoms with E-state index >= 15 is 0 Å². The quantitative estimate of drug-likeness (QED) is 0.460. The van der Waals surface area contributed by atoms with E-state index in [1.807, 2.05) is 6.92 Å². The van der Waals surface area contributed by atoms with Crippen LogP contribution < -0.4 is 11.3 Å². The van der Waals surface area contributed by atoms with E-state index < -0.39 is 0 Å². The summed E-state index contributed by atoms with van der Waals surface area (Å²) in [5.41, 5.74) is 2.90. The first-order valence-corrected chi connectivity index (χ1v) is 6.23. The van der Waals surface area contributed by atoms with Crippen molar-refractivity contribution in [3.63, 3.8) is 0 Å². The smallest absolute Gasteiger partial charge is 0.0741 e. The Bertz CT molecular complexity index is 134. The number of hydrogen-bond donors (Lipinski definition) is 2. The zero-order valence-corrected chi connectivity index (χ0v) is 10.8. The molecule has 0 aromatic rings. The second kappa shape index (κ2) is 9.13. The Labute approximate surface area is 94.7 Å². The van der Waals surface area contributed by atoms with Gasteiger partial charge in [-0.15, -0.1) is 0 Å². The van der Waals surface area contributed by atoms with Gasteiger partial charge < -0.3 is 4.74 Å². The highest BCUT2D eigenvalue weighted by Crippen LogP contribution is 2.14. The van der Waals surface area contributed by atoms with Crippen molar-refractivity contribution in [1.82, 2.24) is 5.43 Å². The maximum absolute atomic E-state index is 5.73. The molecule has 2 unspecified atom stereocenters. The molecule has 0 bridgehead atoms. The van der Waals surface area contributed by atoms with E-state index in [1.165, 1.54) is 6.42 Å². The molecule has 3 nitrogen and oxygen atoms in total. The van der Waals surface area contributed by atoms with Gasteiger partial charge in [-0.2, -0.15) is 0 Å². The van der Waals surface area contributed by atoms with E-state index in [0.717, 1.165) is 31.8 Å². The number of ether oxygens (including phenoxy) is 1. The van der Waals surface area contributed by atoms with E-state index in [4.69, 9.17) is 10.6 Å². The average Bonchev–Trinajstić information content (AvgIpc) is 2.19. The van der Waals surface area contributed by atoms with Crippen LogP contribution in [0.1, 0.15) is 53.4 Å². The van der Waals surface area contributed by atoms with Crippen molar-refractivity contribution in [3.05, 3.63) is 0 Å². The van der Waals surface area contributed by atoms with Crippen LogP contribution in [0.25, 0.3) is 0 Å². The summed E-state index contributed by atoms with van der Waals surface area (Å²) in [6, 6.07) is 0.298. The average molecular weight is 216 g/mol. The molecule has 0 saturated heterocycles. The molecule has 15 heavy (non-hydrogen) atoms. The highest BCUT2D eigenvalue weighted by atomic mass is 16.5. The molecule has 2 atom stereocenters. The van der Waals surface area contributed by atoms with E-state index in [2.05, 4.69) is 26.2 Å². The van der Waals surface area contributed by atoms with Crippen LogP contribution in [0, 0.1) is 5.92 Å². The van der Waals surface area contributed by atoms with Gasteiger partial charge in [-0.25, -0.2) is 0 Å². The molecule has 0 aliphatic carbocycles. The molecule has 92 valence electrons. The summed E-state index contributed by atoms with van der Waals surface area (Å²) < 4.78 is 5.73. The van der Waals surface area contributed by atoms with Gasteiger partial charge in [-0.05, 0) is 32.1 Å². The van der Waals surface area contributed by atoms with Crippen LogP contribution in [-0.4, -0.2) is 18.8 Å². The summed E-state index contributed by atoms with van der Waals surface area (Å²) in [6.07, 6.45) is 4.79. The lowest BCUT2D eigenvalue weighted by atomic mass is 9.97. The Morgan fingerprint density at radius 2 is 1.80 bits per heavy atom. The highest BCUT2D eigenvalue weighted by molar-refractivity contribution is 4.75. The SMILES string of the molecule is CCCC(OCC)C(CCC(C)C)NN. The number of hydrazine groups is 1. The zero-order chi connectivity index (χ0) is 11.7. The van der Waals surface area contributed by atoms with Gasteiger partial charge in [0.2, 0.25) is 0 Å². The van der Waals surface area contributed by atoms with Crippen LogP contribution in [0.4, 0.5) is 0 Å². The Kier molecular flexibility index (Phi) is 9.06. The summed E-state index contributed by atoms with van der Waals surface area (Å²) in [5, 5.41) is 0.